The molecule has 0 aliphatic carbocycles. The quantitative estimate of drug-likeness (QED) is 0.799. The molecule has 1 aromatic rings. The summed E-state index contributed by atoms with van der Waals surface area (Å²) < 4.78 is 22.9. The van der Waals surface area contributed by atoms with E-state index in [0.29, 0.717) is 15.6 Å². The van der Waals surface area contributed by atoms with Crippen molar-refractivity contribution in [1.29, 1.82) is 0 Å². The highest BCUT2D eigenvalue weighted by molar-refractivity contribution is 7.54. The summed E-state index contributed by atoms with van der Waals surface area (Å²) in [6.45, 7) is 3.92. The molecule has 0 heterocycles. The maximum Gasteiger partial charge on any atom is 0.351 e. The summed E-state index contributed by atoms with van der Waals surface area (Å²) in [5.74, 6) is -0.955. The predicted molar refractivity (Wildman–Crippen MR) is 74.2 cm³/mol. The molecule has 0 bridgehead atoms. The first-order chi connectivity index (χ1) is 8.44. The molecule has 2 N–H and O–H groups in total. The van der Waals surface area contributed by atoms with Crippen molar-refractivity contribution >= 4 is 30.8 Å². The topological polar surface area (TPSA) is 61.5 Å². The van der Waals surface area contributed by atoms with Crippen LogP contribution in [0.4, 0.5) is 0 Å². The van der Waals surface area contributed by atoms with Crippen LogP contribution in [0, 0.1) is 0 Å². The van der Waals surface area contributed by atoms with Crippen LogP contribution in [0.25, 0.3) is 0 Å². The number of hydrogen-bond donors (Lipinski definition) is 1. The number of nitrogens with two attached hydrogens (primary N) is 1. The molecule has 1 aromatic carbocycles. The molecule has 0 aliphatic heterocycles. The number of halogens is 2. The van der Waals surface area contributed by atoms with Crippen LogP contribution in [-0.2, 0) is 13.6 Å². The Morgan fingerprint density at radius 3 is 2.33 bits per heavy atom. The molecular formula is C11H16Cl2NO3P. The lowest BCUT2D eigenvalue weighted by Gasteiger charge is -2.24. The van der Waals surface area contributed by atoms with E-state index in [4.69, 9.17) is 38.0 Å². The molecule has 7 heteroatoms. The third-order valence-corrected chi connectivity index (χ3v) is 5.01. The average Bonchev–Trinajstić information content (AvgIpc) is 2.32. The fourth-order valence-electron chi connectivity index (χ4n) is 1.47. The summed E-state index contributed by atoms with van der Waals surface area (Å²) in [6.07, 6.45) is 0. The van der Waals surface area contributed by atoms with Crippen molar-refractivity contribution in [2.24, 2.45) is 5.73 Å². The Hall–Kier alpha value is -0.0900. The van der Waals surface area contributed by atoms with Crippen LogP contribution >= 0.6 is 30.8 Å². The molecule has 0 aromatic heterocycles. The summed E-state index contributed by atoms with van der Waals surface area (Å²) in [5, 5.41) is 0.843. The van der Waals surface area contributed by atoms with Gasteiger partial charge in [0.1, 0.15) is 5.78 Å². The van der Waals surface area contributed by atoms with Gasteiger partial charge in [-0.3, -0.25) is 4.57 Å². The van der Waals surface area contributed by atoms with Gasteiger partial charge in [0, 0.05) is 15.6 Å². The third-order valence-electron chi connectivity index (χ3n) is 2.24. The summed E-state index contributed by atoms with van der Waals surface area (Å²) in [7, 11) is -3.44. The summed E-state index contributed by atoms with van der Waals surface area (Å²) in [4.78, 5) is 0. The summed E-state index contributed by atoms with van der Waals surface area (Å²) >= 11 is 11.9. The second-order valence-electron chi connectivity index (χ2n) is 3.49. The van der Waals surface area contributed by atoms with Gasteiger partial charge < -0.3 is 14.8 Å². The van der Waals surface area contributed by atoms with Gasteiger partial charge in [0.15, 0.2) is 0 Å². The van der Waals surface area contributed by atoms with E-state index >= 15 is 0 Å². The van der Waals surface area contributed by atoms with Crippen molar-refractivity contribution in [2.75, 3.05) is 13.2 Å². The van der Waals surface area contributed by atoms with Crippen LogP contribution in [0.3, 0.4) is 0 Å². The number of benzene rings is 1. The lowest BCUT2D eigenvalue weighted by molar-refractivity contribution is 0.212. The van der Waals surface area contributed by atoms with Gasteiger partial charge in [-0.25, -0.2) is 0 Å². The van der Waals surface area contributed by atoms with Gasteiger partial charge in [0.2, 0.25) is 0 Å². The molecule has 4 nitrogen and oxygen atoms in total. The highest BCUT2D eigenvalue weighted by atomic mass is 35.5. The van der Waals surface area contributed by atoms with Crippen LogP contribution in [0.1, 0.15) is 25.2 Å². The molecule has 0 aliphatic rings. The zero-order valence-electron chi connectivity index (χ0n) is 10.2. The van der Waals surface area contributed by atoms with Crippen molar-refractivity contribution in [2.45, 2.75) is 19.6 Å². The average molecular weight is 312 g/mol. The van der Waals surface area contributed by atoms with E-state index in [1.807, 2.05) is 0 Å². The smallest absolute Gasteiger partial charge is 0.314 e. The Kier molecular flexibility index (Phi) is 6.12. The standard InChI is InChI=1S/C11H16Cl2NO3P/c1-3-16-18(15,17-4-2)11(14)9-7-8(12)5-6-10(9)13/h5-7,11H,3-4,14H2,1-2H3/t11-/m0/s1. The Morgan fingerprint density at radius 2 is 1.83 bits per heavy atom. The molecule has 0 spiro atoms. The number of hydrogen-bond acceptors (Lipinski definition) is 4. The highest BCUT2D eigenvalue weighted by Gasteiger charge is 2.35. The molecule has 0 amide bonds. The molecule has 0 unspecified atom stereocenters. The maximum absolute atomic E-state index is 12.5. The van der Waals surface area contributed by atoms with Gasteiger partial charge in [0.25, 0.3) is 0 Å². The molecule has 0 saturated carbocycles. The molecule has 1 atom stereocenters. The minimum absolute atomic E-state index is 0.239. The van der Waals surface area contributed by atoms with E-state index < -0.39 is 13.4 Å². The van der Waals surface area contributed by atoms with Crippen molar-refractivity contribution < 1.29 is 13.6 Å². The Bertz CT molecular complexity index is 446. The van der Waals surface area contributed by atoms with Crippen LogP contribution in [0.15, 0.2) is 18.2 Å². The second kappa shape index (κ2) is 6.90. The number of rotatable bonds is 6. The minimum atomic E-state index is -3.44. The molecule has 0 radical (unpaired) electrons. The Balaban J connectivity index is 3.13. The van der Waals surface area contributed by atoms with Crippen molar-refractivity contribution in [3.05, 3.63) is 33.8 Å². The summed E-state index contributed by atoms with van der Waals surface area (Å²) in [6, 6.07) is 4.80. The van der Waals surface area contributed by atoms with E-state index in [1.165, 1.54) is 0 Å². The van der Waals surface area contributed by atoms with Gasteiger partial charge >= 0.3 is 7.60 Å². The van der Waals surface area contributed by atoms with Crippen LogP contribution in [0.2, 0.25) is 10.0 Å². The van der Waals surface area contributed by atoms with E-state index in [0.717, 1.165) is 0 Å². The van der Waals surface area contributed by atoms with Gasteiger partial charge in [-0.2, -0.15) is 0 Å². The Labute approximate surface area is 117 Å². The summed E-state index contributed by atoms with van der Waals surface area (Å²) in [5.41, 5.74) is 6.41. The van der Waals surface area contributed by atoms with Gasteiger partial charge in [-0.15, -0.1) is 0 Å². The third kappa shape index (κ3) is 3.70. The molecule has 102 valence electrons. The predicted octanol–water partition coefficient (Wildman–Crippen LogP) is 4.22. The first kappa shape index (κ1) is 16.0. The van der Waals surface area contributed by atoms with E-state index in [1.54, 1.807) is 32.0 Å². The SMILES string of the molecule is CCOP(=O)(OCC)[C@H](N)c1cc(Cl)ccc1Cl. The van der Waals surface area contributed by atoms with Crippen LogP contribution < -0.4 is 5.73 Å². The van der Waals surface area contributed by atoms with E-state index in [9.17, 15) is 4.57 Å². The molecule has 0 saturated heterocycles. The fraction of sp³-hybridized carbons (Fsp3) is 0.455. The molecule has 1 rings (SSSR count). The van der Waals surface area contributed by atoms with Crippen molar-refractivity contribution in [3.8, 4) is 0 Å². The van der Waals surface area contributed by atoms with E-state index in [2.05, 4.69) is 0 Å². The maximum atomic E-state index is 12.5. The van der Waals surface area contributed by atoms with Gasteiger partial charge in [-0.1, -0.05) is 23.2 Å². The normalized spacial score (nSPS) is 13.6. The lowest BCUT2D eigenvalue weighted by atomic mass is 10.2. The highest BCUT2D eigenvalue weighted by Crippen LogP contribution is 2.59. The first-order valence-corrected chi connectivity index (χ1v) is 7.90. The van der Waals surface area contributed by atoms with Gasteiger partial charge in [-0.05, 0) is 32.0 Å². The monoisotopic (exact) mass is 311 g/mol. The largest absolute Gasteiger partial charge is 0.351 e. The first-order valence-electron chi connectivity index (χ1n) is 5.54. The fourth-order valence-corrected chi connectivity index (χ4v) is 3.63. The zero-order valence-corrected chi connectivity index (χ0v) is 12.6. The van der Waals surface area contributed by atoms with Gasteiger partial charge in [0.05, 0.1) is 13.2 Å². The zero-order chi connectivity index (χ0) is 13.8. The van der Waals surface area contributed by atoms with E-state index in [-0.39, 0.29) is 13.2 Å². The van der Waals surface area contributed by atoms with Crippen LogP contribution in [-0.4, -0.2) is 13.2 Å². The van der Waals surface area contributed by atoms with Crippen molar-refractivity contribution in [1.82, 2.24) is 0 Å². The molecule has 0 fully saturated rings. The molecular weight excluding hydrogens is 296 g/mol. The van der Waals surface area contributed by atoms with Crippen molar-refractivity contribution in [3.63, 3.8) is 0 Å². The molecule has 18 heavy (non-hydrogen) atoms. The minimum Gasteiger partial charge on any atom is -0.314 e. The van der Waals surface area contributed by atoms with Crippen LogP contribution in [0.5, 0.6) is 0 Å². The lowest BCUT2D eigenvalue weighted by Crippen LogP contribution is -2.15. The second-order valence-corrected chi connectivity index (χ2v) is 6.48. The Morgan fingerprint density at radius 1 is 1.28 bits per heavy atom.